The lowest BCUT2D eigenvalue weighted by atomic mass is 10.1. The quantitative estimate of drug-likeness (QED) is 0.423. The third kappa shape index (κ3) is 5.70. The minimum Gasteiger partial charge on any atom is -0.496 e. The molecule has 0 aliphatic carbocycles. The Balaban J connectivity index is 1.93. The molecule has 0 atom stereocenters. The molecule has 0 spiro atoms. The molecule has 2 heterocycles. The Hall–Kier alpha value is -2.57. The third-order valence-corrected chi connectivity index (χ3v) is 4.42. The molecule has 0 saturated heterocycles. The number of aryl methyl sites for hydroxylation is 4. The first-order valence-electron chi connectivity index (χ1n) is 9.48. The topological polar surface area (TPSA) is 76.4 Å². The summed E-state index contributed by atoms with van der Waals surface area (Å²) in [6, 6.07) is 2.10. The number of methoxy groups -OCH3 is 1. The minimum absolute atomic E-state index is 0.509. The lowest BCUT2D eigenvalue weighted by Crippen LogP contribution is -2.38. The molecule has 0 aliphatic heterocycles. The summed E-state index contributed by atoms with van der Waals surface area (Å²) in [5.74, 6) is 1.68. The highest BCUT2D eigenvalue weighted by Gasteiger charge is 2.09. The Kier molecular flexibility index (Phi) is 7.64. The molecule has 7 heteroatoms. The van der Waals surface area contributed by atoms with Crippen LogP contribution >= 0.6 is 0 Å². The fraction of sp³-hybridized carbons (Fsp3) is 0.550. The van der Waals surface area contributed by atoms with Crippen molar-refractivity contribution in [3.8, 4) is 5.75 Å². The van der Waals surface area contributed by atoms with Crippen molar-refractivity contribution < 1.29 is 4.74 Å². The van der Waals surface area contributed by atoms with E-state index in [0.29, 0.717) is 6.54 Å². The van der Waals surface area contributed by atoms with E-state index in [9.17, 15) is 0 Å². The number of hydrogen-bond acceptors (Lipinski definition) is 4. The summed E-state index contributed by atoms with van der Waals surface area (Å²) in [7, 11) is 1.69. The maximum Gasteiger partial charge on any atom is 0.191 e. The zero-order valence-electron chi connectivity index (χ0n) is 17.4. The van der Waals surface area contributed by atoms with Crippen LogP contribution in [0.25, 0.3) is 0 Å². The van der Waals surface area contributed by atoms with Gasteiger partial charge in [0.15, 0.2) is 5.96 Å². The normalized spacial score (nSPS) is 11.6. The minimum atomic E-state index is 0.509. The van der Waals surface area contributed by atoms with Gasteiger partial charge in [0.25, 0.3) is 0 Å². The highest BCUT2D eigenvalue weighted by atomic mass is 16.5. The summed E-state index contributed by atoms with van der Waals surface area (Å²) < 4.78 is 7.52. The van der Waals surface area contributed by atoms with Crippen molar-refractivity contribution >= 4 is 5.96 Å². The summed E-state index contributed by atoms with van der Waals surface area (Å²) in [5.41, 5.74) is 5.27. The second-order valence-electron chi connectivity index (χ2n) is 6.67. The molecule has 0 saturated carbocycles. The zero-order valence-corrected chi connectivity index (χ0v) is 17.4. The number of nitrogens with one attached hydrogen (secondary N) is 2. The number of rotatable bonds is 8. The number of hydrogen-bond donors (Lipinski definition) is 2. The second kappa shape index (κ2) is 9.94. The van der Waals surface area contributed by atoms with Crippen molar-refractivity contribution in [2.45, 2.75) is 54.1 Å². The molecule has 0 radical (unpaired) electrons. The highest BCUT2D eigenvalue weighted by molar-refractivity contribution is 5.79. The molecule has 2 N–H and O–H groups in total. The van der Waals surface area contributed by atoms with Gasteiger partial charge in [-0.2, -0.15) is 5.10 Å². The summed E-state index contributed by atoms with van der Waals surface area (Å²) in [4.78, 5) is 9.18. The van der Waals surface area contributed by atoms with Crippen molar-refractivity contribution in [1.29, 1.82) is 0 Å². The van der Waals surface area contributed by atoms with E-state index in [0.717, 1.165) is 60.3 Å². The molecule has 0 fully saturated rings. The van der Waals surface area contributed by atoms with E-state index in [1.807, 2.05) is 31.6 Å². The van der Waals surface area contributed by atoms with E-state index in [1.165, 1.54) is 5.69 Å². The fourth-order valence-corrected chi connectivity index (χ4v) is 3.06. The first-order chi connectivity index (χ1) is 13.0. The van der Waals surface area contributed by atoms with E-state index in [2.05, 4.69) is 45.6 Å². The molecule has 2 aromatic heterocycles. The first kappa shape index (κ1) is 20.7. The summed E-state index contributed by atoms with van der Waals surface area (Å²) >= 11 is 0. The van der Waals surface area contributed by atoms with E-state index < -0.39 is 0 Å². The van der Waals surface area contributed by atoms with Crippen LogP contribution in [0.3, 0.4) is 0 Å². The molecule has 2 aromatic rings. The number of pyridine rings is 1. The van der Waals surface area contributed by atoms with Crippen LogP contribution in [0.2, 0.25) is 0 Å². The molecule has 0 aliphatic rings. The lowest BCUT2D eigenvalue weighted by molar-refractivity contribution is 0.407. The monoisotopic (exact) mass is 372 g/mol. The standard InChI is InChI=1S/C20H32N6O/c1-7-21-20(22-9-8-10-26-16(4)11-15(3)25-26)24-13-18-17(5)19(27-6)14(2)12-23-18/h11-12H,7-10,13H2,1-6H3,(H2,21,22,24). The van der Waals surface area contributed by atoms with Crippen molar-refractivity contribution in [3.63, 3.8) is 0 Å². The summed E-state index contributed by atoms with van der Waals surface area (Å²) in [6.07, 6.45) is 2.81. The Morgan fingerprint density at radius 1 is 1.22 bits per heavy atom. The lowest BCUT2D eigenvalue weighted by Gasteiger charge is -2.13. The van der Waals surface area contributed by atoms with Gasteiger partial charge in [0.1, 0.15) is 5.75 Å². The number of aliphatic imine (C=N–C) groups is 1. The van der Waals surface area contributed by atoms with Crippen LogP contribution in [0.4, 0.5) is 0 Å². The third-order valence-electron chi connectivity index (χ3n) is 4.42. The number of guanidine groups is 1. The van der Waals surface area contributed by atoms with Crippen LogP contribution in [0, 0.1) is 27.7 Å². The van der Waals surface area contributed by atoms with Gasteiger partial charge in [-0.05, 0) is 47.1 Å². The molecule has 0 bridgehead atoms. The summed E-state index contributed by atoms with van der Waals surface area (Å²) in [6.45, 7) is 13.2. The summed E-state index contributed by atoms with van der Waals surface area (Å²) in [5, 5.41) is 11.2. The van der Waals surface area contributed by atoms with Crippen LogP contribution in [0.15, 0.2) is 17.3 Å². The first-order valence-corrected chi connectivity index (χ1v) is 9.48. The Bertz CT molecular complexity index is 781. The smallest absolute Gasteiger partial charge is 0.191 e. The van der Waals surface area contributed by atoms with Crippen molar-refractivity contribution in [3.05, 3.63) is 40.5 Å². The highest BCUT2D eigenvalue weighted by Crippen LogP contribution is 2.24. The van der Waals surface area contributed by atoms with Gasteiger partial charge in [0, 0.05) is 42.7 Å². The fourth-order valence-electron chi connectivity index (χ4n) is 3.06. The predicted octanol–water partition coefficient (Wildman–Crippen LogP) is 2.67. The average Bonchev–Trinajstić information content (AvgIpc) is 2.95. The Labute approximate surface area is 162 Å². The van der Waals surface area contributed by atoms with Crippen molar-refractivity contribution in [2.24, 2.45) is 4.99 Å². The molecular weight excluding hydrogens is 340 g/mol. The predicted molar refractivity (Wildman–Crippen MR) is 109 cm³/mol. The van der Waals surface area contributed by atoms with Gasteiger partial charge in [-0.3, -0.25) is 9.67 Å². The second-order valence-corrected chi connectivity index (χ2v) is 6.67. The van der Waals surface area contributed by atoms with Crippen molar-refractivity contribution in [1.82, 2.24) is 25.4 Å². The van der Waals surface area contributed by atoms with Gasteiger partial charge in [-0.15, -0.1) is 0 Å². The van der Waals surface area contributed by atoms with Gasteiger partial charge < -0.3 is 15.4 Å². The van der Waals surface area contributed by atoms with Gasteiger partial charge in [0.2, 0.25) is 0 Å². The SMILES string of the molecule is CCNC(=NCc1ncc(C)c(OC)c1C)NCCCn1nc(C)cc1C. The van der Waals surface area contributed by atoms with Crippen molar-refractivity contribution in [2.75, 3.05) is 20.2 Å². The van der Waals surface area contributed by atoms with E-state index >= 15 is 0 Å². The van der Waals surface area contributed by atoms with Gasteiger partial charge >= 0.3 is 0 Å². The van der Waals surface area contributed by atoms with Crippen LogP contribution in [0.1, 0.15) is 41.6 Å². The zero-order chi connectivity index (χ0) is 19.8. The van der Waals surface area contributed by atoms with Crippen LogP contribution < -0.4 is 15.4 Å². The average molecular weight is 373 g/mol. The maximum atomic E-state index is 5.48. The number of nitrogens with zero attached hydrogens (tertiary/aromatic N) is 4. The van der Waals surface area contributed by atoms with Gasteiger partial charge in [-0.1, -0.05) is 0 Å². The van der Waals surface area contributed by atoms with Crippen LogP contribution in [-0.4, -0.2) is 40.9 Å². The van der Waals surface area contributed by atoms with Gasteiger partial charge in [-0.25, -0.2) is 4.99 Å². The van der Waals surface area contributed by atoms with E-state index in [-0.39, 0.29) is 0 Å². The van der Waals surface area contributed by atoms with Gasteiger partial charge in [0.05, 0.1) is 25.0 Å². The molecule has 0 aromatic carbocycles. The molecule has 0 amide bonds. The molecule has 0 unspecified atom stereocenters. The number of ether oxygens (including phenoxy) is 1. The maximum absolute atomic E-state index is 5.48. The van der Waals surface area contributed by atoms with Crippen LogP contribution in [-0.2, 0) is 13.1 Å². The largest absolute Gasteiger partial charge is 0.496 e. The molecule has 7 nitrogen and oxygen atoms in total. The number of aromatic nitrogens is 3. The van der Waals surface area contributed by atoms with E-state index in [4.69, 9.17) is 4.74 Å². The van der Waals surface area contributed by atoms with Crippen LogP contribution in [0.5, 0.6) is 5.75 Å². The molecule has 2 rings (SSSR count). The Morgan fingerprint density at radius 2 is 2.00 bits per heavy atom. The Morgan fingerprint density at radius 3 is 2.63 bits per heavy atom. The molecule has 148 valence electrons. The molecular formula is C20H32N6O. The van der Waals surface area contributed by atoms with E-state index in [1.54, 1.807) is 7.11 Å². The molecule has 27 heavy (non-hydrogen) atoms.